The Morgan fingerprint density at radius 1 is 1.50 bits per heavy atom. The summed E-state index contributed by atoms with van der Waals surface area (Å²) in [7, 11) is 1.55. The molecule has 3 rings (SSSR count). The maximum absolute atomic E-state index is 13.0. The molecule has 26 heavy (non-hydrogen) atoms. The molecule has 7 nitrogen and oxygen atoms in total. The molecule has 138 valence electrons. The predicted octanol–water partition coefficient (Wildman–Crippen LogP) is 1.54. The summed E-state index contributed by atoms with van der Waals surface area (Å²) >= 11 is 0. The highest BCUT2D eigenvalue weighted by molar-refractivity contribution is 6.03. The van der Waals surface area contributed by atoms with Gasteiger partial charge in [0.2, 0.25) is 5.91 Å². The molecule has 2 unspecified atom stereocenters. The molecule has 2 heterocycles. The molecule has 0 bridgehead atoms. The van der Waals surface area contributed by atoms with Crippen molar-refractivity contribution in [3.63, 3.8) is 0 Å². The molecular formula is C19H23N3O4. The zero-order chi connectivity index (χ0) is 18.8. The van der Waals surface area contributed by atoms with Crippen LogP contribution in [0.1, 0.15) is 29.3 Å². The lowest BCUT2D eigenvalue weighted by Gasteiger charge is -2.25. The molecule has 2 atom stereocenters. The molecule has 0 spiro atoms. The average Bonchev–Trinajstić information content (AvgIpc) is 3.03. The number of rotatable bonds is 4. The zero-order valence-corrected chi connectivity index (χ0v) is 15.1. The summed E-state index contributed by atoms with van der Waals surface area (Å²) in [6, 6.07) is 3.13. The van der Waals surface area contributed by atoms with E-state index in [0.29, 0.717) is 30.0 Å². The summed E-state index contributed by atoms with van der Waals surface area (Å²) in [6.07, 6.45) is 4.25. The number of likely N-dealkylation sites (N-methyl/N-ethyl adjacent to an activating group) is 1. The van der Waals surface area contributed by atoms with Crippen molar-refractivity contribution in [3.8, 4) is 5.75 Å². The van der Waals surface area contributed by atoms with Gasteiger partial charge in [-0.05, 0) is 37.5 Å². The van der Waals surface area contributed by atoms with E-state index in [0.717, 1.165) is 11.1 Å². The molecule has 0 fully saturated rings. The Kier molecular flexibility index (Phi) is 4.99. The van der Waals surface area contributed by atoms with Gasteiger partial charge < -0.3 is 25.4 Å². The number of aliphatic hydroxyl groups is 1. The van der Waals surface area contributed by atoms with Crippen LogP contribution in [0.5, 0.6) is 5.75 Å². The lowest BCUT2D eigenvalue weighted by atomic mass is 10.1. The highest BCUT2D eigenvalue weighted by Crippen LogP contribution is 2.39. The standard InChI is InChI=1S/C19H23N3O4/c1-4-26-17-11(2)5-7-13-16(17)21-18(24)14-9-12(6-8-15(23)20-3)10-22(14)19(13)25/h5-8,10,14,18,21,24H,4,9H2,1-3H3,(H,20,23). The molecule has 0 radical (unpaired) electrons. The smallest absolute Gasteiger partial charge is 0.260 e. The second-order valence-corrected chi connectivity index (χ2v) is 6.29. The number of hydrogen-bond acceptors (Lipinski definition) is 5. The first kappa shape index (κ1) is 18.0. The maximum atomic E-state index is 13.0. The van der Waals surface area contributed by atoms with Gasteiger partial charge in [0.05, 0.1) is 23.9 Å². The molecule has 2 aliphatic rings. The van der Waals surface area contributed by atoms with Gasteiger partial charge in [-0.2, -0.15) is 0 Å². The van der Waals surface area contributed by atoms with Crippen molar-refractivity contribution in [2.45, 2.75) is 32.5 Å². The van der Waals surface area contributed by atoms with Crippen LogP contribution in [0.3, 0.4) is 0 Å². The Bertz CT molecular complexity index is 800. The topological polar surface area (TPSA) is 90.9 Å². The maximum Gasteiger partial charge on any atom is 0.260 e. The van der Waals surface area contributed by atoms with Gasteiger partial charge in [0.1, 0.15) is 12.0 Å². The largest absolute Gasteiger partial charge is 0.491 e. The van der Waals surface area contributed by atoms with Crippen LogP contribution in [0.2, 0.25) is 0 Å². The summed E-state index contributed by atoms with van der Waals surface area (Å²) < 4.78 is 5.69. The van der Waals surface area contributed by atoms with E-state index in [1.54, 1.807) is 25.4 Å². The number of benzene rings is 1. The molecule has 0 aromatic heterocycles. The van der Waals surface area contributed by atoms with E-state index in [2.05, 4.69) is 10.6 Å². The van der Waals surface area contributed by atoms with Gasteiger partial charge in [0.25, 0.3) is 5.91 Å². The lowest BCUT2D eigenvalue weighted by molar-refractivity contribution is -0.116. The van der Waals surface area contributed by atoms with Crippen molar-refractivity contribution >= 4 is 17.5 Å². The number of amides is 2. The van der Waals surface area contributed by atoms with Gasteiger partial charge >= 0.3 is 0 Å². The molecule has 7 heteroatoms. The second-order valence-electron chi connectivity index (χ2n) is 6.29. The van der Waals surface area contributed by atoms with E-state index in [1.165, 1.54) is 11.0 Å². The molecule has 1 aromatic carbocycles. The number of anilines is 1. The molecule has 0 aliphatic carbocycles. The number of fused-ring (bicyclic) bond motifs is 2. The third kappa shape index (κ3) is 3.17. The first-order valence-electron chi connectivity index (χ1n) is 8.60. The van der Waals surface area contributed by atoms with Crippen LogP contribution < -0.4 is 15.4 Å². The average molecular weight is 357 g/mol. The minimum atomic E-state index is -0.955. The van der Waals surface area contributed by atoms with Crippen LogP contribution in [0.4, 0.5) is 5.69 Å². The van der Waals surface area contributed by atoms with E-state index in [9.17, 15) is 14.7 Å². The fourth-order valence-electron chi connectivity index (χ4n) is 3.24. The Morgan fingerprint density at radius 3 is 2.96 bits per heavy atom. The molecular weight excluding hydrogens is 334 g/mol. The number of aryl methyl sites for hydroxylation is 1. The van der Waals surface area contributed by atoms with Crippen molar-refractivity contribution < 1.29 is 19.4 Å². The van der Waals surface area contributed by atoms with Crippen molar-refractivity contribution in [2.24, 2.45) is 0 Å². The van der Waals surface area contributed by atoms with Crippen LogP contribution >= 0.6 is 0 Å². The van der Waals surface area contributed by atoms with Gasteiger partial charge in [-0.1, -0.05) is 12.1 Å². The van der Waals surface area contributed by atoms with E-state index in [1.807, 2.05) is 19.9 Å². The molecule has 2 aliphatic heterocycles. The summed E-state index contributed by atoms with van der Waals surface area (Å²) in [5.74, 6) is 0.154. The summed E-state index contributed by atoms with van der Waals surface area (Å²) in [5, 5.41) is 16.2. The van der Waals surface area contributed by atoms with Gasteiger partial charge in [0.15, 0.2) is 0 Å². The van der Waals surface area contributed by atoms with Crippen molar-refractivity contribution in [1.82, 2.24) is 10.2 Å². The number of carbonyl (C=O) groups excluding carboxylic acids is 2. The van der Waals surface area contributed by atoms with E-state index >= 15 is 0 Å². The quantitative estimate of drug-likeness (QED) is 0.711. The Hall–Kier alpha value is -2.80. The minimum Gasteiger partial charge on any atom is -0.491 e. The highest BCUT2D eigenvalue weighted by atomic mass is 16.5. The third-order valence-corrected chi connectivity index (χ3v) is 4.57. The number of aliphatic hydroxyl groups excluding tert-OH is 1. The molecule has 1 aromatic rings. The monoisotopic (exact) mass is 357 g/mol. The number of allylic oxidation sites excluding steroid dienone is 1. The Morgan fingerprint density at radius 2 is 2.27 bits per heavy atom. The predicted molar refractivity (Wildman–Crippen MR) is 97.8 cm³/mol. The first-order chi connectivity index (χ1) is 12.5. The number of hydrogen-bond donors (Lipinski definition) is 3. The Labute approximate surface area is 152 Å². The normalized spacial score (nSPS) is 21.6. The number of ether oxygens (including phenoxy) is 1. The van der Waals surface area contributed by atoms with Gasteiger partial charge in [-0.15, -0.1) is 0 Å². The van der Waals surface area contributed by atoms with Crippen LogP contribution in [-0.2, 0) is 4.79 Å². The third-order valence-electron chi connectivity index (χ3n) is 4.57. The first-order valence-corrected chi connectivity index (χ1v) is 8.60. The minimum absolute atomic E-state index is 0.210. The van der Waals surface area contributed by atoms with Crippen LogP contribution in [0.25, 0.3) is 0 Å². The summed E-state index contributed by atoms with van der Waals surface area (Å²) in [5.41, 5.74) is 2.67. The van der Waals surface area contributed by atoms with Gasteiger partial charge in [-0.3, -0.25) is 9.59 Å². The van der Waals surface area contributed by atoms with Crippen molar-refractivity contribution in [2.75, 3.05) is 19.0 Å². The van der Waals surface area contributed by atoms with Crippen molar-refractivity contribution in [1.29, 1.82) is 0 Å². The fraction of sp³-hybridized carbons (Fsp3) is 0.368. The second kappa shape index (κ2) is 7.21. The SMILES string of the molecule is CCOc1c(C)ccc2c1NC(O)C1CC(C=CC(=O)NC)=CN1C2=O. The molecule has 2 amide bonds. The molecule has 0 saturated heterocycles. The van der Waals surface area contributed by atoms with Crippen LogP contribution in [0.15, 0.2) is 36.1 Å². The van der Waals surface area contributed by atoms with Crippen molar-refractivity contribution in [3.05, 3.63) is 47.2 Å². The van der Waals surface area contributed by atoms with Crippen LogP contribution in [-0.4, -0.2) is 47.7 Å². The van der Waals surface area contributed by atoms with E-state index < -0.39 is 12.3 Å². The summed E-state index contributed by atoms with van der Waals surface area (Å²) in [4.78, 5) is 25.9. The number of nitrogens with zero attached hydrogens (tertiary/aromatic N) is 1. The number of nitrogens with one attached hydrogen (secondary N) is 2. The fourth-order valence-corrected chi connectivity index (χ4v) is 3.24. The molecule has 3 N–H and O–H groups in total. The number of carbonyl (C=O) groups is 2. The van der Waals surface area contributed by atoms with E-state index in [-0.39, 0.29) is 11.8 Å². The highest BCUT2D eigenvalue weighted by Gasteiger charge is 2.39. The Balaban J connectivity index is 1.98. The lowest BCUT2D eigenvalue weighted by Crippen LogP contribution is -2.42. The van der Waals surface area contributed by atoms with Gasteiger partial charge in [0, 0.05) is 19.3 Å². The summed E-state index contributed by atoms with van der Waals surface area (Å²) in [6.45, 7) is 4.24. The van der Waals surface area contributed by atoms with Gasteiger partial charge in [-0.25, -0.2) is 0 Å². The molecule has 0 saturated carbocycles. The van der Waals surface area contributed by atoms with E-state index in [4.69, 9.17) is 4.74 Å². The zero-order valence-electron chi connectivity index (χ0n) is 15.1. The van der Waals surface area contributed by atoms with Crippen LogP contribution in [0, 0.1) is 6.92 Å².